The zero-order chi connectivity index (χ0) is 58.7. The van der Waals surface area contributed by atoms with Crippen LogP contribution in [-0.4, -0.2) is 153 Å². The summed E-state index contributed by atoms with van der Waals surface area (Å²) in [5, 5.41) is 34.1. The third kappa shape index (κ3) is 19.2. The largest absolute Gasteiger partial charge is 0.480 e. The molecule has 79 heavy (non-hydrogen) atoms. The van der Waals surface area contributed by atoms with Crippen LogP contribution in [0, 0.1) is 17.0 Å². The van der Waals surface area contributed by atoms with E-state index in [1.807, 2.05) is 30.3 Å². The van der Waals surface area contributed by atoms with E-state index < -0.39 is 138 Å². The number of nitrogens with zero attached hydrogens (tertiary/aromatic N) is 3. The summed E-state index contributed by atoms with van der Waals surface area (Å²) in [5.74, 6) is -11.2. The van der Waals surface area contributed by atoms with Gasteiger partial charge in [-0.3, -0.25) is 57.6 Å². The number of aliphatic carboxylic acids is 1. The molecule has 2 heterocycles. The fraction of sp³-hybridized carbons (Fsp3) is 0.453. The lowest BCUT2D eigenvalue weighted by molar-refractivity contribution is -0.141. The number of amides is 10. The standard InChI is InChI=1S/C53H69F2N11O13/c1-30(60-43(70)28-66-44(71)16-17-45(66)72)49(75)61-31(2)50(76)63-39(48(57)74)25-42(69)62-38(51(77)59-21-18-41(68)58-20-10-9-13-37(56)52(78)79)19-22-65(46(73)29-67)47(53(3,4)5)40-23-33(35-24-34(54)14-15-36(35)55)27-64(40)26-32-11-7-6-8-12-32/h6-8,11-12,14-17,23-24,27,30-31,37-39,47,67H,9-10,13,18-22,25-26,28-29,56H2,1-5H3,(H2,57,74)(H,58,68)(H,59,77)(H,60,70)(H,61,75)(H,62,69)(H,63,76)(H,78,79)/t30-,31-,37-,38-,39-,47-/m0/s1. The second-order valence-electron chi connectivity index (χ2n) is 19.9. The summed E-state index contributed by atoms with van der Waals surface area (Å²) in [7, 11) is 0. The highest BCUT2D eigenvalue weighted by atomic mass is 19.1. The van der Waals surface area contributed by atoms with Crippen LogP contribution in [0.1, 0.15) is 90.4 Å². The monoisotopic (exact) mass is 1110 g/mol. The predicted molar refractivity (Wildman–Crippen MR) is 280 cm³/mol. The summed E-state index contributed by atoms with van der Waals surface area (Å²) in [6.07, 6.45) is 3.08. The normalized spacial score (nSPS) is 14.5. The fourth-order valence-electron chi connectivity index (χ4n) is 8.43. The van der Waals surface area contributed by atoms with Crippen molar-refractivity contribution in [2.75, 3.05) is 32.8 Å². The molecule has 1 aromatic heterocycles. The van der Waals surface area contributed by atoms with Crippen molar-refractivity contribution >= 4 is 65.0 Å². The van der Waals surface area contributed by atoms with Crippen LogP contribution < -0.4 is 43.4 Å². The van der Waals surface area contributed by atoms with E-state index >= 15 is 4.39 Å². The summed E-state index contributed by atoms with van der Waals surface area (Å²) in [5.41, 5.74) is 11.7. The van der Waals surface area contributed by atoms with E-state index in [2.05, 4.69) is 31.9 Å². The average Bonchev–Trinajstić information content (AvgIpc) is 3.97. The SMILES string of the molecule is C[C@H](NC(=O)CN1C(=O)C=CC1=O)C(=O)N[C@@H](C)C(=O)N[C@@H](CC(=O)N[C@@H](CCN(C(=O)CO)[C@@H](c1cc(-c2cc(F)ccc2F)cn1Cc1ccccc1)C(C)(C)C)C(=O)NCCC(=O)NCCCC[C@H](N)C(=O)O)C(N)=O. The number of aliphatic hydroxyl groups is 1. The van der Waals surface area contributed by atoms with Gasteiger partial charge in [-0.25, -0.2) is 8.78 Å². The Kier molecular flexibility index (Phi) is 23.5. The number of hydrogen-bond donors (Lipinski definition) is 10. The van der Waals surface area contributed by atoms with Crippen molar-refractivity contribution in [3.8, 4) is 11.1 Å². The quantitative estimate of drug-likeness (QED) is 0.0305. The highest BCUT2D eigenvalue weighted by Crippen LogP contribution is 2.41. The second-order valence-corrected chi connectivity index (χ2v) is 19.9. The molecule has 1 aliphatic heterocycles. The van der Waals surface area contributed by atoms with Crippen molar-refractivity contribution in [3.63, 3.8) is 0 Å². The van der Waals surface area contributed by atoms with E-state index in [0.717, 1.165) is 35.9 Å². The Labute approximate surface area is 454 Å². The number of imide groups is 1. The topological polar surface area (TPSA) is 364 Å². The van der Waals surface area contributed by atoms with Gasteiger partial charge >= 0.3 is 5.97 Å². The van der Waals surface area contributed by atoms with Crippen LogP contribution in [-0.2, 0) is 59.3 Å². The molecule has 0 aliphatic carbocycles. The zero-order valence-electron chi connectivity index (χ0n) is 44.5. The molecule has 10 amide bonds. The lowest BCUT2D eigenvalue weighted by Gasteiger charge is -2.41. The number of nitrogens with one attached hydrogen (secondary N) is 6. The van der Waals surface area contributed by atoms with Crippen LogP contribution in [0.2, 0.25) is 0 Å². The molecule has 428 valence electrons. The Bertz CT molecular complexity index is 2750. The van der Waals surface area contributed by atoms with Crippen LogP contribution in [0.3, 0.4) is 0 Å². The van der Waals surface area contributed by atoms with Gasteiger partial charge in [0.2, 0.25) is 47.3 Å². The molecule has 4 rings (SSSR count). The summed E-state index contributed by atoms with van der Waals surface area (Å²) in [4.78, 5) is 143. The van der Waals surface area contributed by atoms with Gasteiger partial charge in [0.15, 0.2) is 0 Å². The molecule has 6 atom stereocenters. The molecular formula is C53H69F2N11O13. The van der Waals surface area contributed by atoms with Gasteiger partial charge < -0.3 is 63.0 Å². The van der Waals surface area contributed by atoms with Crippen LogP contribution in [0.5, 0.6) is 0 Å². The Balaban J connectivity index is 1.57. The van der Waals surface area contributed by atoms with E-state index in [-0.39, 0.29) is 56.6 Å². The first kappa shape index (κ1) is 63.1. The molecule has 0 fully saturated rings. The Hall–Kier alpha value is -8.39. The summed E-state index contributed by atoms with van der Waals surface area (Å²) in [6, 6.07) is 5.71. The van der Waals surface area contributed by atoms with Crippen molar-refractivity contribution in [1.82, 2.24) is 46.3 Å². The average molecular weight is 1110 g/mol. The smallest absolute Gasteiger partial charge is 0.320 e. The highest BCUT2D eigenvalue weighted by molar-refractivity contribution is 6.14. The molecule has 0 bridgehead atoms. The second kappa shape index (κ2) is 29.4. The molecule has 0 saturated heterocycles. The van der Waals surface area contributed by atoms with Crippen molar-refractivity contribution in [3.05, 3.63) is 95.8 Å². The number of halogens is 2. The van der Waals surface area contributed by atoms with Crippen LogP contribution in [0.4, 0.5) is 8.78 Å². The minimum atomic E-state index is -1.74. The molecule has 0 saturated carbocycles. The van der Waals surface area contributed by atoms with Gasteiger partial charge in [0, 0.05) is 67.8 Å². The van der Waals surface area contributed by atoms with E-state index in [4.69, 9.17) is 16.6 Å². The van der Waals surface area contributed by atoms with Crippen molar-refractivity contribution < 1.29 is 71.7 Å². The molecule has 12 N–H and O–H groups in total. The third-order valence-electron chi connectivity index (χ3n) is 12.6. The van der Waals surface area contributed by atoms with Crippen molar-refractivity contribution in [1.29, 1.82) is 0 Å². The minimum Gasteiger partial charge on any atom is -0.480 e. The number of primary amides is 1. The molecule has 3 aromatic rings. The minimum absolute atomic E-state index is 0.0681. The Morgan fingerprint density at radius 1 is 0.747 bits per heavy atom. The van der Waals surface area contributed by atoms with Crippen LogP contribution >= 0.6 is 0 Å². The lowest BCUT2D eigenvalue weighted by Crippen LogP contribution is -2.56. The Morgan fingerprint density at radius 2 is 1.39 bits per heavy atom. The number of carbonyl (C=O) groups excluding carboxylic acids is 10. The number of carboxylic acid groups (broad SMARTS) is 1. The molecule has 24 nitrogen and oxygen atoms in total. The maximum atomic E-state index is 15.4. The Morgan fingerprint density at radius 3 is 2.01 bits per heavy atom. The number of aromatic nitrogens is 1. The summed E-state index contributed by atoms with van der Waals surface area (Å²) < 4.78 is 31.7. The molecule has 0 spiro atoms. The van der Waals surface area contributed by atoms with Gasteiger partial charge in [-0.15, -0.1) is 0 Å². The number of nitrogens with two attached hydrogens (primary N) is 2. The highest BCUT2D eigenvalue weighted by Gasteiger charge is 2.38. The lowest BCUT2D eigenvalue weighted by atomic mass is 9.82. The van der Waals surface area contributed by atoms with Gasteiger partial charge in [-0.2, -0.15) is 0 Å². The fourth-order valence-corrected chi connectivity index (χ4v) is 8.43. The molecule has 2 aromatic carbocycles. The molecule has 0 radical (unpaired) electrons. The maximum absolute atomic E-state index is 15.4. The molecule has 26 heteroatoms. The molecule has 1 aliphatic rings. The molecular weight excluding hydrogens is 1040 g/mol. The third-order valence-corrected chi connectivity index (χ3v) is 12.6. The summed E-state index contributed by atoms with van der Waals surface area (Å²) >= 11 is 0. The van der Waals surface area contributed by atoms with E-state index in [1.165, 1.54) is 18.7 Å². The number of benzene rings is 2. The number of unbranched alkanes of at least 4 members (excludes halogenated alkanes) is 1. The predicted octanol–water partition coefficient (Wildman–Crippen LogP) is -0.236. The van der Waals surface area contributed by atoms with Crippen molar-refractivity contribution in [2.45, 2.75) is 116 Å². The van der Waals surface area contributed by atoms with E-state index in [0.29, 0.717) is 23.4 Å². The maximum Gasteiger partial charge on any atom is 0.320 e. The zero-order valence-corrected chi connectivity index (χ0v) is 44.5. The van der Waals surface area contributed by atoms with Gasteiger partial charge in [0.25, 0.3) is 11.8 Å². The number of carbonyl (C=O) groups is 11. The number of carboxylic acids is 1. The van der Waals surface area contributed by atoms with Gasteiger partial charge in [0.05, 0.1) is 12.5 Å². The number of aliphatic hydroxyl groups excluding tert-OH is 1. The van der Waals surface area contributed by atoms with Gasteiger partial charge in [-0.05, 0) is 74.8 Å². The van der Waals surface area contributed by atoms with E-state index in [1.54, 1.807) is 37.6 Å². The van der Waals surface area contributed by atoms with Gasteiger partial charge in [0.1, 0.15) is 55.0 Å². The number of hydrogen-bond acceptors (Lipinski definition) is 13. The van der Waals surface area contributed by atoms with Gasteiger partial charge in [-0.1, -0.05) is 51.1 Å². The first-order valence-electron chi connectivity index (χ1n) is 25.3. The first-order valence-corrected chi connectivity index (χ1v) is 25.3. The van der Waals surface area contributed by atoms with Crippen molar-refractivity contribution in [2.24, 2.45) is 16.9 Å². The summed E-state index contributed by atoms with van der Waals surface area (Å²) in [6.45, 7) is 5.92. The number of rotatable bonds is 30. The van der Waals surface area contributed by atoms with E-state index in [9.17, 15) is 62.2 Å². The van der Waals surface area contributed by atoms with Crippen LogP contribution in [0.15, 0.2) is 72.9 Å². The molecule has 0 unspecified atom stereocenters. The first-order chi connectivity index (χ1) is 37.2. The van der Waals surface area contributed by atoms with Crippen LogP contribution in [0.25, 0.3) is 11.1 Å².